The van der Waals surface area contributed by atoms with E-state index in [1.54, 1.807) is 72.0 Å². The average molecular weight is 1040 g/mol. The number of carboxylic acids is 2. The van der Waals surface area contributed by atoms with Crippen LogP contribution in [0.3, 0.4) is 0 Å². The lowest BCUT2D eigenvalue weighted by Gasteiger charge is -2.29. The number of H-pyrrole nitrogens is 1. The number of para-hydroxylation sites is 1. The van der Waals surface area contributed by atoms with Crippen molar-refractivity contribution >= 4 is 70.1 Å². The van der Waals surface area contributed by atoms with Crippen molar-refractivity contribution < 1.29 is 63.3 Å². The third-order valence-electron chi connectivity index (χ3n) is 11.7. The second kappa shape index (κ2) is 29.8. The third-order valence-corrected chi connectivity index (χ3v) is 11.7. The van der Waals surface area contributed by atoms with Crippen LogP contribution >= 0.6 is 0 Å². The van der Waals surface area contributed by atoms with E-state index >= 15 is 0 Å². The van der Waals surface area contributed by atoms with Crippen molar-refractivity contribution in [3.8, 4) is 5.75 Å². The Labute approximate surface area is 429 Å². The molecule has 0 unspecified atom stereocenters. The molecule has 24 heteroatoms. The highest BCUT2D eigenvalue weighted by atomic mass is 16.4. The van der Waals surface area contributed by atoms with Crippen LogP contribution in [0.25, 0.3) is 10.9 Å². The average Bonchev–Trinajstić information content (AvgIpc) is 3.74. The van der Waals surface area contributed by atoms with Crippen LogP contribution in [0, 0.1) is 17.8 Å². The first-order valence-electron chi connectivity index (χ1n) is 24.5. The summed E-state index contributed by atoms with van der Waals surface area (Å²) in [6, 6.07) is 3.16. The standard InChI is InChI=1S/C50H73N11O13/c1-26(2)19-35(48(72)60-43(28(5)6)50(74)61-42(27(3)4)49(73)55-25-41(66)67)57-46(70)37(21-30-23-53-34-13-8-7-11-32(30)34)58-47(71)38(22-40(64)65)59-45(69)36(20-29-14-16-31(62)17-15-29)56-39(63)24-54-44(68)33(52)12-9-10-18-51/h7-8,11,13-17,23,26-28,33,35-38,42-43,53,62H,9-10,12,18-22,24-25,51-52H2,1-6H3,(H,54,68)(H,55,73)(H,56,63)(H,57,70)(H,58,71)(H,59,69)(H,60,72)(H,61,74)(H,64,65)(H,66,67)/t33-,35-,36-,37-,38-,42-,43-/m0/s1. The van der Waals surface area contributed by atoms with E-state index in [2.05, 4.69) is 47.5 Å². The molecule has 3 aromatic rings. The number of benzene rings is 2. The van der Waals surface area contributed by atoms with Crippen LogP contribution in [0.2, 0.25) is 0 Å². The van der Waals surface area contributed by atoms with Gasteiger partial charge in [-0.15, -0.1) is 0 Å². The normalized spacial score (nSPS) is 14.1. The Morgan fingerprint density at radius 1 is 0.581 bits per heavy atom. The van der Waals surface area contributed by atoms with E-state index < -0.39 is 133 Å². The van der Waals surface area contributed by atoms with Crippen LogP contribution < -0.4 is 54.0 Å². The van der Waals surface area contributed by atoms with E-state index in [9.17, 15) is 58.2 Å². The van der Waals surface area contributed by atoms with E-state index in [1.165, 1.54) is 24.3 Å². The van der Waals surface area contributed by atoms with Gasteiger partial charge in [0.05, 0.1) is 19.0 Å². The molecule has 7 atom stereocenters. The number of rotatable bonds is 31. The lowest BCUT2D eigenvalue weighted by atomic mass is 9.97. The number of aliphatic carboxylic acids is 2. The van der Waals surface area contributed by atoms with Gasteiger partial charge in [-0.2, -0.15) is 0 Å². The summed E-state index contributed by atoms with van der Waals surface area (Å²) in [6.07, 6.45) is 1.73. The molecule has 0 aliphatic carbocycles. The minimum Gasteiger partial charge on any atom is -0.508 e. The van der Waals surface area contributed by atoms with Crippen molar-refractivity contribution in [2.24, 2.45) is 29.2 Å². The second-order valence-electron chi connectivity index (χ2n) is 19.1. The molecule has 8 amide bonds. The van der Waals surface area contributed by atoms with Gasteiger partial charge in [0.15, 0.2) is 0 Å². The van der Waals surface area contributed by atoms with Gasteiger partial charge in [-0.1, -0.05) is 78.3 Å². The molecule has 0 radical (unpaired) electrons. The number of carbonyl (C=O) groups excluding carboxylic acids is 8. The van der Waals surface area contributed by atoms with Gasteiger partial charge in [0, 0.05) is 29.9 Å². The molecule has 0 bridgehead atoms. The topological polar surface area (TPSA) is 395 Å². The molecular weight excluding hydrogens is 963 g/mol. The summed E-state index contributed by atoms with van der Waals surface area (Å²) in [5.41, 5.74) is 13.1. The van der Waals surface area contributed by atoms with Crippen LogP contribution in [-0.4, -0.2) is 141 Å². The van der Waals surface area contributed by atoms with Crippen LogP contribution in [0.1, 0.15) is 84.8 Å². The fourth-order valence-corrected chi connectivity index (χ4v) is 7.73. The van der Waals surface area contributed by atoms with Crippen molar-refractivity contribution in [3.05, 3.63) is 65.9 Å². The zero-order valence-electron chi connectivity index (χ0n) is 42.6. The fourth-order valence-electron chi connectivity index (χ4n) is 7.73. The van der Waals surface area contributed by atoms with E-state index in [4.69, 9.17) is 16.6 Å². The summed E-state index contributed by atoms with van der Waals surface area (Å²) in [6.45, 7) is 9.24. The molecule has 2 aromatic carbocycles. The van der Waals surface area contributed by atoms with Crippen molar-refractivity contribution in [2.75, 3.05) is 19.6 Å². The molecule has 0 aliphatic rings. The molecule has 1 heterocycles. The molecule has 406 valence electrons. The maximum Gasteiger partial charge on any atom is 0.322 e. The minimum absolute atomic E-state index is 0.0289. The Bertz CT molecular complexity index is 2430. The van der Waals surface area contributed by atoms with E-state index in [0.717, 1.165) is 0 Å². The molecule has 0 spiro atoms. The predicted octanol–water partition coefficient (Wildman–Crippen LogP) is -0.826. The SMILES string of the molecule is CC(C)C[C@H](NC(=O)[C@H](Cc1c[nH]c2ccccc12)NC(=O)[C@H](CC(=O)O)NC(=O)[C@H](Cc1ccc(O)cc1)NC(=O)CNC(=O)[C@@H](N)CCCCN)C(=O)N[C@H](C(=O)N[C@H](C(=O)NCC(=O)O)C(C)C)C(C)C. The fraction of sp³-hybridized carbons (Fsp3) is 0.520. The highest BCUT2D eigenvalue weighted by Crippen LogP contribution is 2.20. The highest BCUT2D eigenvalue weighted by Gasteiger charge is 2.36. The molecule has 3 rings (SSSR count). The minimum atomic E-state index is -1.86. The molecule has 0 aliphatic heterocycles. The second-order valence-corrected chi connectivity index (χ2v) is 19.1. The van der Waals surface area contributed by atoms with Gasteiger partial charge in [-0.05, 0) is 72.9 Å². The number of aromatic nitrogens is 1. The number of unbranched alkanes of at least 4 members (excludes halogenated alkanes) is 1. The zero-order chi connectivity index (χ0) is 55.2. The molecule has 0 fully saturated rings. The third kappa shape index (κ3) is 20.1. The summed E-state index contributed by atoms with van der Waals surface area (Å²) >= 11 is 0. The summed E-state index contributed by atoms with van der Waals surface area (Å²) in [7, 11) is 0. The van der Waals surface area contributed by atoms with Crippen LogP contribution in [0.4, 0.5) is 0 Å². The molecule has 16 N–H and O–H groups in total. The van der Waals surface area contributed by atoms with Gasteiger partial charge in [-0.25, -0.2) is 0 Å². The van der Waals surface area contributed by atoms with Crippen LogP contribution in [0.15, 0.2) is 54.7 Å². The summed E-state index contributed by atoms with van der Waals surface area (Å²) in [5, 5.41) is 49.6. The van der Waals surface area contributed by atoms with Crippen LogP contribution in [0.5, 0.6) is 5.75 Å². The van der Waals surface area contributed by atoms with E-state index in [0.29, 0.717) is 47.8 Å². The number of fused-ring (bicyclic) bond motifs is 1. The molecule has 74 heavy (non-hydrogen) atoms. The number of aromatic hydroxyl groups is 1. The summed E-state index contributed by atoms with van der Waals surface area (Å²) < 4.78 is 0. The van der Waals surface area contributed by atoms with Gasteiger partial charge < -0.3 is 74.3 Å². The number of phenols is 1. The van der Waals surface area contributed by atoms with Gasteiger partial charge in [-0.3, -0.25) is 47.9 Å². The monoisotopic (exact) mass is 1040 g/mol. The van der Waals surface area contributed by atoms with Crippen molar-refractivity contribution in [1.29, 1.82) is 0 Å². The molecule has 0 saturated heterocycles. The van der Waals surface area contributed by atoms with Crippen molar-refractivity contribution in [3.63, 3.8) is 0 Å². The maximum absolute atomic E-state index is 14.5. The predicted molar refractivity (Wildman–Crippen MR) is 271 cm³/mol. The Morgan fingerprint density at radius 2 is 1.12 bits per heavy atom. The molecule has 0 saturated carbocycles. The molecule has 1 aromatic heterocycles. The first-order chi connectivity index (χ1) is 34.9. The molecule has 24 nitrogen and oxygen atoms in total. The van der Waals surface area contributed by atoms with Gasteiger partial charge in [0.1, 0.15) is 48.5 Å². The number of carbonyl (C=O) groups is 10. The first kappa shape index (κ1) is 60.7. The van der Waals surface area contributed by atoms with Gasteiger partial charge in [0.25, 0.3) is 0 Å². The highest BCUT2D eigenvalue weighted by molar-refractivity contribution is 5.99. The Balaban J connectivity index is 1.94. The molecular formula is C50H73N11O13. The maximum atomic E-state index is 14.5. The van der Waals surface area contributed by atoms with Crippen LogP contribution in [-0.2, 0) is 60.8 Å². The van der Waals surface area contributed by atoms with Gasteiger partial charge in [0.2, 0.25) is 47.3 Å². The summed E-state index contributed by atoms with van der Waals surface area (Å²) in [5.74, 6) is -11.0. The number of hydrogen-bond donors (Lipinski definition) is 14. The number of nitrogens with two attached hydrogens (primary N) is 2. The first-order valence-corrected chi connectivity index (χ1v) is 24.5. The van der Waals surface area contributed by atoms with Gasteiger partial charge >= 0.3 is 11.9 Å². The zero-order valence-corrected chi connectivity index (χ0v) is 42.6. The van der Waals surface area contributed by atoms with Crippen molar-refractivity contribution in [2.45, 2.75) is 129 Å². The number of nitrogens with one attached hydrogen (secondary N) is 9. The number of aromatic amines is 1. The lowest BCUT2D eigenvalue weighted by molar-refractivity contribution is -0.141. The lowest BCUT2D eigenvalue weighted by Crippen LogP contribution is -2.61. The van der Waals surface area contributed by atoms with Crippen molar-refractivity contribution in [1.82, 2.24) is 47.5 Å². The number of phenolic OH excluding ortho intramolecular Hbond substituents is 1. The largest absolute Gasteiger partial charge is 0.508 e. The van der Waals surface area contributed by atoms with E-state index in [-0.39, 0.29) is 30.9 Å². The number of hydrogen-bond acceptors (Lipinski definition) is 13. The quantitative estimate of drug-likeness (QED) is 0.0350. The smallest absolute Gasteiger partial charge is 0.322 e. The number of amides is 8. The number of carboxylic acid groups (broad SMARTS) is 2. The Kier molecular flexibility index (Phi) is 24.4. The Morgan fingerprint density at radius 3 is 1.72 bits per heavy atom. The van der Waals surface area contributed by atoms with E-state index in [1.807, 2.05) is 0 Å². The summed E-state index contributed by atoms with van der Waals surface area (Å²) in [4.78, 5) is 136. The Hall–Kier alpha value is -7.60.